The molecule has 0 radical (unpaired) electrons. The zero-order valence-electron chi connectivity index (χ0n) is 13.9. The molecular weight excluding hydrogens is 355 g/mol. The first-order valence-corrected chi connectivity index (χ1v) is 8.31. The van der Waals surface area contributed by atoms with Crippen molar-refractivity contribution in [3.05, 3.63) is 81.9 Å². The number of pyridine rings is 2. The Balaban J connectivity index is 1.88. The van der Waals surface area contributed by atoms with E-state index in [1.807, 2.05) is 24.3 Å². The van der Waals surface area contributed by atoms with Gasteiger partial charge in [0.05, 0.1) is 18.3 Å². The molecule has 7 heteroatoms. The average molecular weight is 369 g/mol. The molecule has 4 aromatic rings. The third-order valence-electron chi connectivity index (χ3n) is 4.23. The smallest absolute Gasteiger partial charge is 0.286 e. The molecule has 26 heavy (non-hydrogen) atoms. The number of halogens is 2. The molecule has 0 aliphatic carbocycles. The van der Waals surface area contributed by atoms with Crippen molar-refractivity contribution in [1.29, 1.82) is 0 Å². The number of aryl methyl sites for hydroxylation is 1. The number of hydrogen-bond acceptors (Lipinski definition) is 3. The molecule has 0 saturated carbocycles. The second kappa shape index (κ2) is 6.38. The fraction of sp³-hybridized carbons (Fsp3) is 0.105. The minimum absolute atomic E-state index is 0.210. The Labute approximate surface area is 153 Å². The van der Waals surface area contributed by atoms with Crippen molar-refractivity contribution in [3.8, 4) is 11.1 Å². The number of fused-ring (bicyclic) bond motifs is 1. The van der Waals surface area contributed by atoms with Gasteiger partial charge in [0.1, 0.15) is 5.82 Å². The maximum Gasteiger partial charge on any atom is 0.330 e. The summed E-state index contributed by atoms with van der Waals surface area (Å²) in [5.74, 6) is -0.437. The number of hydrogen-bond donors (Lipinski definition) is 0. The van der Waals surface area contributed by atoms with Crippen LogP contribution in [0, 0.1) is 5.82 Å². The highest BCUT2D eigenvalue weighted by molar-refractivity contribution is 6.30. The molecule has 130 valence electrons. The topological polar surface area (TPSA) is 52.7 Å². The van der Waals surface area contributed by atoms with Crippen molar-refractivity contribution >= 4 is 22.8 Å². The molecule has 3 heterocycles. The maximum atomic E-state index is 13.4. The molecular formula is C19H14ClFN4O. The number of benzene rings is 1. The average Bonchev–Trinajstić information content (AvgIpc) is 2.86. The molecule has 0 saturated heterocycles. The summed E-state index contributed by atoms with van der Waals surface area (Å²) in [6.07, 6.45) is 4.39. The summed E-state index contributed by atoms with van der Waals surface area (Å²) >= 11 is 6.07. The van der Waals surface area contributed by atoms with Gasteiger partial charge in [-0.3, -0.25) is 14.1 Å². The van der Waals surface area contributed by atoms with E-state index in [0.717, 1.165) is 17.3 Å². The van der Waals surface area contributed by atoms with Crippen molar-refractivity contribution in [1.82, 2.24) is 19.1 Å². The van der Waals surface area contributed by atoms with Crippen LogP contribution in [0.5, 0.6) is 0 Å². The van der Waals surface area contributed by atoms with Gasteiger partial charge in [-0.2, -0.15) is 0 Å². The van der Waals surface area contributed by atoms with E-state index in [-0.39, 0.29) is 12.2 Å². The lowest BCUT2D eigenvalue weighted by atomic mass is 10.1. The lowest BCUT2D eigenvalue weighted by Gasteiger charge is -2.06. The Kier molecular flexibility index (Phi) is 4.05. The molecule has 0 bridgehead atoms. The van der Waals surface area contributed by atoms with Crippen molar-refractivity contribution < 1.29 is 4.39 Å². The first-order chi connectivity index (χ1) is 12.5. The highest BCUT2D eigenvalue weighted by atomic mass is 35.5. The second-order valence-corrected chi connectivity index (χ2v) is 6.45. The normalized spacial score (nSPS) is 11.2. The van der Waals surface area contributed by atoms with Crippen LogP contribution in [0.2, 0.25) is 5.02 Å². The van der Waals surface area contributed by atoms with Gasteiger partial charge in [0.25, 0.3) is 0 Å². The van der Waals surface area contributed by atoms with E-state index in [1.165, 1.54) is 10.6 Å². The molecule has 0 atom stereocenters. The fourth-order valence-electron chi connectivity index (χ4n) is 2.98. The molecule has 0 N–H and O–H groups in total. The Morgan fingerprint density at radius 1 is 1.12 bits per heavy atom. The Hall–Kier alpha value is -2.99. The number of nitrogens with zero attached hydrogens (tertiary/aromatic N) is 4. The Bertz CT molecular complexity index is 1180. The zero-order valence-corrected chi connectivity index (χ0v) is 14.6. The van der Waals surface area contributed by atoms with Gasteiger partial charge in [0.2, 0.25) is 0 Å². The highest BCUT2D eigenvalue weighted by Crippen LogP contribution is 2.25. The number of imidazole rings is 1. The molecule has 0 aliphatic heterocycles. The van der Waals surface area contributed by atoms with Crippen molar-refractivity contribution in [2.75, 3.05) is 0 Å². The standard InChI is InChI=1S/C19H14ClFN4O/c1-24-18-17(7-14(9-23-18)13-3-2-4-15(20)6-13)25(19(24)26)11-12-5-16(21)10-22-8-12/h2-10H,11H2,1H3. The minimum atomic E-state index is -0.437. The largest absolute Gasteiger partial charge is 0.330 e. The Morgan fingerprint density at radius 2 is 1.96 bits per heavy atom. The summed E-state index contributed by atoms with van der Waals surface area (Å²) < 4.78 is 16.5. The first kappa shape index (κ1) is 16.5. The first-order valence-electron chi connectivity index (χ1n) is 7.93. The van der Waals surface area contributed by atoms with Gasteiger partial charge in [-0.05, 0) is 35.4 Å². The second-order valence-electron chi connectivity index (χ2n) is 6.02. The lowest BCUT2D eigenvalue weighted by Crippen LogP contribution is -2.22. The van der Waals surface area contributed by atoms with E-state index >= 15 is 0 Å². The van der Waals surface area contributed by atoms with Gasteiger partial charge >= 0.3 is 5.69 Å². The summed E-state index contributed by atoms with van der Waals surface area (Å²) in [5.41, 5.74) is 3.36. The van der Waals surface area contributed by atoms with Gasteiger partial charge in [0.15, 0.2) is 5.65 Å². The van der Waals surface area contributed by atoms with Gasteiger partial charge in [-0.15, -0.1) is 0 Å². The van der Waals surface area contributed by atoms with Crippen LogP contribution in [0.3, 0.4) is 0 Å². The summed E-state index contributed by atoms with van der Waals surface area (Å²) in [6.45, 7) is 0.210. The Morgan fingerprint density at radius 3 is 2.73 bits per heavy atom. The predicted molar refractivity (Wildman–Crippen MR) is 98.7 cm³/mol. The van der Waals surface area contributed by atoms with Crippen molar-refractivity contribution in [3.63, 3.8) is 0 Å². The van der Waals surface area contributed by atoms with E-state index < -0.39 is 5.82 Å². The van der Waals surface area contributed by atoms with Gasteiger partial charge in [-0.25, -0.2) is 14.2 Å². The molecule has 0 unspecified atom stereocenters. The monoisotopic (exact) mass is 368 g/mol. The van der Waals surface area contributed by atoms with Crippen LogP contribution in [0.4, 0.5) is 4.39 Å². The molecule has 5 nitrogen and oxygen atoms in total. The van der Waals surface area contributed by atoms with Crippen LogP contribution >= 0.6 is 11.6 Å². The summed E-state index contributed by atoms with van der Waals surface area (Å²) in [5, 5.41) is 0.624. The van der Waals surface area contributed by atoms with Crippen molar-refractivity contribution in [2.45, 2.75) is 6.54 Å². The number of aromatic nitrogens is 4. The third kappa shape index (κ3) is 2.88. The summed E-state index contributed by atoms with van der Waals surface area (Å²) in [7, 11) is 1.66. The predicted octanol–water partition coefficient (Wildman–Crippen LogP) is 3.64. The van der Waals surface area contributed by atoms with E-state index in [1.54, 1.807) is 30.1 Å². The lowest BCUT2D eigenvalue weighted by molar-refractivity contribution is 0.615. The molecule has 0 fully saturated rings. The van der Waals surface area contributed by atoms with E-state index in [0.29, 0.717) is 21.7 Å². The number of rotatable bonds is 3. The van der Waals surface area contributed by atoms with Crippen LogP contribution < -0.4 is 5.69 Å². The fourth-order valence-corrected chi connectivity index (χ4v) is 3.17. The maximum absolute atomic E-state index is 13.4. The minimum Gasteiger partial charge on any atom is -0.286 e. The molecule has 1 aromatic carbocycles. The molecule has 4 rings (SSSR count). The van der Waals surface area contributed by atoms with Gasteiger partial charge < -0.3 is 0 Å². The summed E-state index contributed by atoms with van der Waals surface area (Å²) in [4.78, 5) is 20.9. The van der Waals surface area contributed by atoms with Crippen LogP contribution in [-0.4, -0.2) is 19.1 Å². The highest BCUT2D eigenvalue weighted by Gasteiger charge is 2.14. The zero-order chi connectivity index (χ0) is 18.3. The summed E-state index contributed by atoms with van der Waals surface area (Å²) in [6, 6.07) is 10.7. The third-order valence-corrected chi connectivity index (χ3v) is 4.47. The van der Waals surface area contributed by atoms with Crippen LogP contribution in [0.15, 0.2) is 59.8 Å². The van der Waals surface area contributed by atoms with E-state index in [4.69, 9.17) is 11.6 Å². The molecule has 3 aromatic heterocycles. The quantitative estimate of drug-likeness (QED) is 0.554. The van der Waals surface area contributed by atoms with Crippen LogP contribution in [0.25, 0.3) is 22.3 Å². The van der Waals surface area contributed by atoms with Crippen LogP contribution in [0.1, 0.15) is 5.56 Å². The van der Waals surface area contributed by atoms with E-state index in [2.05, 4.69) is 9.97 Å². The molecule has 0 aliphatic rings. The van der Waals surface area contributed by atoms with Gasteiger partial charge in [0, 0.05) is 30.0 Å². The molecule has 0 amide bonds. The van der Waals surface area contributed by atoms with E-state index in [9.17, 15) is 9.18 Å². The van der Waals surface area contributed by atoms with Crippen molar-refractivity contribution in [2.24, 2.45) is 7.05 Å². The van der Waals surface area contributed by atoms with Gasteiger partial charge in [-0.1, -0.05) is 23.7 Å². The van der Waals surface area contributed by atoms with Crippen LogP contribution in [-0.2, 0) is 13.6 Å². The SMILES string of the molecule is Cn1c(=O)n(Cc2cncc(F)c2)c2cc(-c3cccc(Cl)c3)cnc21. The molecule has 0 spiro atoms.